The van der Waals surface area contributed by atoms with Crippen LogP contribution in [0.15, 0.2) is 54.6 Å². The zero-order valence-corrected chi connectivity index (χ0v) is 33.9. The van der Waals surface area contributed by atoms with Gasteiger partial charge in [0.2, 0.25) is 5.91 Å². The maximum absolute atomic E-state index is 14.7. The summed E-state index contributed by atoms with van der Waals surface area (Å²) in [5.74, 6) is -0.166. The van der Waals surface area contributed by atoms with E-state index in [2.05, 4.69) is 58.8 Å². The summed E-state index contributed by atoms with van der Waals surface area (Å²) in [5, 5.41) is 26.5. The van der Waals surface area contributed by atoms with Gasteiger partial charge in [-0.3, -0.25) is 9.59 Å². The van der Waals surface area contributed by atoms with Crippen LogP contribution >= 0.6 is 0 Å². The van der Waals surface area contributed by atoms with Gasteiger partial charge in [0.1, 0.15) is 5.82 Å². The molecule has 298 valence electrons. The second-order valence-electron chi connectivity index (χ2n) is 19.7. The molecule has 2 aromatic rings. The van der Waals surface area contributed by atoms with Gasteiger partial charge in [-0.1, -0.05) is 71.0 Å². The number of aliphatic hydroxyl groups excluding tert-OH is 1. The minimum atomic E-state index is -1.33. The van der Waals surface area contributed by atoms with Crippen molar-refractivity contribution >= 4 is 17.8 Å². The molecule has 55 heavy (non-hydrogen) atoms. The van der Waals surface area contributed by atoms with Gasteiger partial charge in [-0.05, 0) is 158 Å². The van der Waals surface area contributed by atoms with Gasteiger partial charge in [0.15, 0.2) is 0 Å². The minimum absolute atomic E-state index is 0.0791. The van der Waals surface area contributed by atoms with Gasteiger partial charge in [-0.15, -0.1) is 0 Å². The largest absolute Gasteiger partial charge is 0.478 e. The number of carboxylic acids is 1. The van der Waals surface area contributed by atoms with Crippen molar-refractivity contribution in [1.29, 1.82) is 0 Å². The predicted octanol–water partition coefficient (Wildman–Crippen LogP) is 9.13. The Balaban J connectivity index is 1.06. The van der Waals surface area contributed by atoms with Crippen LogP contribution in [0.2, 0.25) is 0 Å². The smallest absolute Gasteiger partial charge is 0.338 e. The van der Waals surface area contributed by atoms with Gasteiger partial charge in [-0.2, -0.15) is 0 Å². The van der Waals surface area contributed by atoms with Crippen LogP contribution in [0, 0.1) is 62.5 Å². The Morgan fingerprint density at radius 3 is 2.33 bits per heavy atom. The summed E-state index contributed by atoms with van der Waals surface area (Å²) in [7, 11) is 0. The molecule has 0 bridgehead atoms. The molecule has 0 aliphatic heterocycles. The number of aromatic carboxylic acids is 1. The number of halogens is 1. The predicted molar refractivity (Wildman–Crippen MR) is 213 cm³/mol. The average Bonchev–Trinajstić information content (AvgIpc) is 3.55. The monoisotopic (exact) mass is 754 g/mol. The van der Waals surface area contributed by atoms with Crippen LogP contribution in [0.25, 0.3) is 0 Å². The zero-order valence-electron chi connectivity index (χ0n) is 33.9. The molecule has 4 unspecified atom stereocenters. The van der Waals surface area contributed by atoms with Crippen molar-refractivity contribution in [3.8, 4) is 0 Å². The van der Waals surface area contributed by atoms with Crippen LogP contribution < -0.4 is 10.6 Å². The van der Waals surface area contributed by atoms with E-state index in [1.54, 1.807) is 12.1 Å². The van der Waals surface area contributed by atoms with E-state index in [1.807, 2.05) is 12.1 Å². The fraction of sp³-hybridized carbons (Fsp3) is 0.638. The molecule has 10 atom stereocenters. The summed E-state index contributed by atoms with van der Waals surface area (Å²) in [6, 6.07) is 11.5. The third-order valence-electron chi connectivity index (χ3n) is 17.1. The molecule has 5 fully saturated rings. The second-order valence-corrected chi connectivity index (χ2v) is 19.7. The number of allylic oxidation sites excluding steroid dienone is 1. The number of hydrogen-bond donors (Lipinski definition) is 4. The molecular formula is C47H63FN2O5. The van der Waals surface area contributed by atoms with Gasteiger partial charge < -0.3 is 20.8 Å². The Hall–Kier alpha value is -3.52. The number of carbonyl (C=O) groups is 3. The SMILES string of the molecule is C=C(C)[C@@H]1CC[C@]2(C(=O)NCc3cccc(C(=O)NCCc4cccc(C(=O)O)c4F)c3)CC[C@]3(C)C(CCC4[C@@]5(C)CC[C@H](O)C(C)(C)C5CC[C@]43C)C12. The maximum Gasteiger partial charge on any atom is 0.338 e. The van der Waals surface area contributed by atoms with Crippen LogP contribution in [-0.2, 0) is 17.8 Å². The molecule has 7 rings (SSSR count). The van der Waals surface area contributed by atoms with E-state index in [-0.39, 0.29) is 69.6 Å². The molecule has 0 aromatic heterocycles. The lowest BCUT2D eigenvalue weighted by molar-refractivity contribution is -0.246. The Morgan fingerprint density at radius 1 is 0.855 bits per heavy atom. The number of rotatable bonds is 9. The lowest BCUT2D eigenvalue weighted by Crippen LogP contribution is -2.67. The fourth-order valence-electron chi connectivity index (χ4n) is 14.1. The van der Waals surface area contributed by atoms with E-state index < -0.39 is 17.2 Å². The van der Waals surface area contributed by atoms with E-state index in [9.17, 15) is 29.0 Å². The standard InChI is InChI=1S/C47H63FN2O5/c1-28(2)32-16-22-47(42(55)50-27-29-10-8-12-31(26-29)40(52)49-25-19-30-11-9-13-33(39(30)48)41(53)54)24-23-45(6)34(38(32)47)14-15-36-44(5)20-18-37(51)43(3,4)35(44)17-21-46(36,45)7/h8-13,26,32,34-38,51H,1,14-25,27H2,2-7H3,(H,49,52)(H,50,55)(H,53,54)/t32-,34?,35?,36?,37-,38?,44-,45+,46+,47-/m0/s1. The van der Waals surface area contributed by atoms with Crippen LogP contribution in [0.4, 0.5) is 4.39 Å². The number of benzene rings is 2. The Kier molecular flexibility index (Phi) is 10.2. The normalized spacial score (nSPS) is 37.4. The molecule has 5 saturated carbocycles. The number of fused-ring (bicyclic) bond motifs is 7. The highest BCUT2D eigenvalue weighted by Gasteiger charge is 2.71. The first-order valence-electron chi connectivity index (χ1n) is 20.9. The van der Waals surface area contributed by atoms with Crippen molar-refractivity contribution in [2.24, 2.45) is 56.7 Å². The topological polar surface area (TPSA) is 116 Å². The molecule has 2 aromatic carbocycles. The lowest BCUT2D eigenvalue weighted by Gasteiger charge is -2.72. The van der Waals surface area contributed by atoms with E-state index >= 15 is 0 Å². The molecule has 2 amide bonds. The minimum Gasteiger partial charge on any atom is -0.478 e. The van der Waals surface area contributed by atoms with E-state index in [0.29, 0.717) is 35.8 Å². The summed E-state index contributed by atoms with van der Waals surface area (Å²) in [5.41, 5.74) is 2.29. The first-order chi connectivity index (χ1) is 25.9. The quantitative estimate of drug-likeness (QED) is 0.191. The van der Waals surface area contributed by atoms with Crippen molar-refractivity contribution in [2.75, 3.05) is 6.54 Å². The molecule has 5 aliphatic rings. The van der Waals surface area contributed by atoms with E-state index in [1.165, 1.54) is 36.6 Å². The fourth-order valence-corrected chi connectivity index (χ4v) is 14.1. The summed E-state index contributed by atoms with van der Waals surface area (Å²) in [6.07, 6.45) is 10.4. The molecule has 0 spiro atoms. The van der Waals surface area contributed by atoms with Gasteiger partial charge >= 0.3 is 5.97 Å². The summed E-state index contributed by atoms with van der Waals surface area (Å²) in [4.78, 5) is 39.1. The number of nitrogens with one attached hydrogen (secondary N) is 2. The summed E-state index contributed by atoms with van der Waals surface area (Å²) in [6.45, 7) is 19.5. The second kappa shape index (κ2) is 14.1. The summed E-state index contributed by atoms with van der Waals surface area (Å²) < 4.78 is 14.6. The van der Waals surface area contributed by atoms with E-state index in [4.69, 9.17) is 0 Å². The lowest BCUT2D eigenvalue weighted by atomic mass is 9.32. The van der Waals surface area contributed by atoms with Crippen LogP contribution in [0.1, 0.15) is 138 Å². The van der Waals surface area contributed by atoms with Gasteiger partial charge in [0.25, 0.3) is 5.91 Å². The molecule has 0 saturated heterocycles. The zero-order chi connectivity index (χ0) is 39.7. The first-order valence-corrected chi connectivity index (χ1v) is 20.9. The number of amides is 2. The highest BCUT2D eigenvalue weighted by atomic mass is 19.1. The molecule has 5 aliphatic carbocycles. The number of carboxylic acid groups (broad SMARTS) is 1. The van der Waals surface area contributed by atoms with Crippen LogP contribution in [0.3, 0.4) is 0 Å². The third-order valence-corrected chi connectivity index (χ3v) is 17.1. The Labute approximate surface area is 327 Å². The summed E-state index contributed by atoms with van der Waals surface area (Å²) >= 11 is 0. The molecule has 0 heterocycles. The highest BCUT2D eigenvalue weighted by Crippen LogP contribution is 2.77. The first kappa shape index (κ1) is 39.7. The number of aliphatic hydroxyl groups is 1. The maximum atomic E-state index is 14.7. The van der Waals surface area contributed by atoms with Gasteiger partial charge in [0, 0.05) is 18.7 Å². The van der Waals surface area contributed by atoms with Crippen molar-refractivity contribution in [3.05, 3.63) is 82.7 Å². The number of hydrogen-bond acceptors (Lipinski definition) is 4. The van der Waals surface area contributed by atoms with Crippen molar-refractivity contribution in [2.45, 2.75) is 125 Å². The Morgan fingerprint density at radius 2 is 1.60 bits per heavy atom. The molecule has 8 heteroatoms. The molecule has 0 radical (unpaired) electrons. The van der Waals surface area contributed by atoms with Gasteiger partial charge in [-0.25, -0.2) is 9.18 Å². The van der Waals surface area contributed by atoms with Crippen molar-refractivity contribution in [3.63, 3.8) is 0 Å². The molecule has 7 nitrogen and oxygen atoms in total. The van der Waals surface area contributed by atoms with Crippen molar-refractivity contribution in [1.82, 2.24) is 10.6 Å². The van der Waals surface area contributed by atoms with Crippen molar-refractivity contribution < 1.29 is 29.0 Å². The Bertz CT molecular complexity index is 1870. The molecule has 4 N–H and O–H groups in total. The van der Waals surface area contributed by atoms with Crippen LogP contribution in [0.5, 0.6) is 0 Å². The third kappa shape index (κ3) is 6.19. The highest BCUT2D eigenvalue weighted by molar-refractivity contribution is 5.94. The molecular weight excluding hydrogens is 692 g/mol. The van der Waals surface area contributed by atoms with E-state index in [0.717, 1.165) is 56.9 Å². The van der Waals surface area contributed by atoms with Crippen LogP contribution in [-0.4, -0.2) is 40.6 Å². The number of carbonyl (C=O) groups excluding carboxylic acids is 2. The van der Waals surface area contributed by atoms with Gasteiger partial charge in [0.05, 0.1) is 17.1 Å². The average molecular weight is 755 g/mol.